The van der Waals surface area contributed by atoms with Crippen LogP contribution < -0.4 is 25.1 Å². The molecule has 3 aromatic rings. The Balaban J connectivity index is 1.96. The van der Waals surface area contributed by atoms with Crippen LogP contribution in [0.3, 0.4) is 0 Å². The van der Waals surface area contributed by atoms with Crippen LogP contribution in [0, 0.1) is 12.3 Å². The summed E-state index contributed by atoms with van der Waals surface area (Å²) in [7, 11) is 1.49. The predicted molar refractivity (Wildman–Crippen MR) is 173 cm³/mol. The summed E-state index contributed by atoms with van der Waals surface area (Å²) in [6, 6.07) is 2.57. The number of amides is 1. The van der Waals surface area contributed by atoms with E-state index in [4.69, 9.17) is 18.9 Å². The van der Waals surface area contributed by atoms with Gasteiger partial charge in [-0.05, 0) is 44.7 Å². The first-order valence-corrected chi connectivity index (χ1v) is 18.6. The Kier molecular flexibility index (Phi) is 8.98. The Bertz CT molecular complexity index is 1660. The Hall–Kier alpha value is -3.80. The molecule has 1 N–H and O–H groups in total. The van der Waals surface area contributed by atoms with E-state index in [1.807, 2.05) is 13.8 Å². The zero-order chi connectivity index (χ0) is 32.8. The fourth-order valence-electron chi connectivity index (χ4n) is 5.71. The smallest absolute Gasteiger partial charge is 0.325 e. The summed E-state index contributed by atoms with van der Waals surface area (Å²) >= 11 is 0. The van der Waals surface area contributed by atoms with Gasteiger partial charge in [-0.2, -0.15) is 0 Å². The predicted octanol–water partition coefficient (Wildman–Crippen LogP) is 5.27. The average Bonchev–Trinajstić information content (AvgIpc) is 3.50. The van der Waals surface area contributed by atoms with Crippen molar-refractivity contribution in [2.45, 2.75) is 85.7 Å². The number of esters is 1. The van der Waals surface area contributed by atoms with E-state index < -0.39 is 19.6 Å². The van der Waals surface area contributed by atoms with Crippen molar-refractivity contribution in [3.63, 3.8) is 0 Å². The maximum absolute atomic E-state index is 14.1. The highest BCUT2D eigenvalue weighted by atomic mass is 28.3. The van der Waals surface area contributed by atoms with Crippen LogP contribution in [0.5, 0.6) is 17.2 Å². The number of carbonyl (C=O) groups is 2. The van der Waals surface area contributed by atoms with Gasteiger partial charge in [-0.1, -0.05) is 40.4 Å². The molecule has 3 heterocycles. The molecule has 44 heavy (non-hydrogen) atoms. The first kappa shape index (κ1) is 33.1. The Morgan fingerprint density at radius 2 is 1.75 bits per heavy atom. The minimum absolute atomic E-state index is 0.0276. The van der Waals surface area contributed by atoms with Crippen LogP contribution in [0.1, 0.15) is 57.2 Å². The van der Waals surface area contributed by atoms with Gasteiger partial charge in [0.15, 0.2) is 11.5 Å². The first-order valence-electron chi connectivity index (χ1n) is 14.9. The highest BCUT2D eigenvalue weighted by Crippen LogP contribution is 2.51. The van der Waals surface area contributed by atoms with Gasteiger partial charge in [0, 0.05) is 38.0 Å². The molecule has 0 radical (unpaired) electrons. The third-order valence-corrected chi connectivity index (χ3v) is 9.21. The molecule has 0 bridgehead atoms. The van der Waals surface area contributed by atoms with E-state index in [-0.39, 0.29) is 41.2 Å². The number of nitrogens with one attached hydrogen (secondary N) is 1. The molecule has 0 spiro atoms. The minimum atomic E-state index is -1.45. The van der Waals surface area contributed by atoms with E-state index in [2.05, 4.69) is 50.7 Å². The maximum atomic E-state index is 14.1. The lowest BCUT2D eigenvalue weighted by atomic mass is 9.81. The van der Waals surface area contributed by atoms with E-state index in [1.165, 1.54) is 11.7 Å². The third-order valence-electron chi connectivity index (χ3n) is 7.50. The molecule has 0 atom stereocenters. The normalized spacial score (nSPS) is 13.3. The van der Waals surface area contributed by atoms with Crippen LogP contribution in [0.15, 0.2) is 17.1 Å². The van der Waals surface area contributed by atoms with E-state index in [1.54, 1.807) is 30.8 Å². The van der Waals surface area contributed by atoms with Crippen molar-refractivity contribution in [3.8, 4) is 28.4 Å². The molecule has 0 saturated heterocycles. The van der Waals surface area contributed by atoms with Crippen molar-refractivity contribution in [2.24, 2.45) is 12.5 Å². The molecule has 1 amide bonds. The zero-order valence-corrected chi connectivity index (χ0v) is 28.9. The number of benzene rings is 1. The van der Waals surface area contributed by atoms with Crippen LogP contribution >= 0.6 is 0 Å². The fourth-order valence-corrected chi connectivity index (χ4v) is 6.42. The summed E-state index contributed by atoms with van der Waals surface area (Å²) in [4.78, 5) is 44.7. The van der Waals surface area contributed by atoms with E-state index >= 15 is 0 Å². The van der Waals surface area contributed by atoms with Crippen molar-refractivity contribution in [2.75, 3.05) is 20.5 Å². The number of fused-ring (bicyclic) bond motifs is 2. The number of nitrogens with zero attached hydrogens (tertiary/aromatic N) is 3. The van der Waals surface area contributed by atoms with Gasteiger partial charge in [-0.3, -0.25) is 19.0 Å². The summed E-state index contributed by atoms with van der Waals surface area (Å²) in [6.07, 6.45) is 2.40. The number of hydrogen-bond acceptors (Lipinski definition) is 8. The molecule has 0 unspecified atom stereocenters. The fraction of sp³-hybridized carbons (Fsp3) is 0.562. The molecule has 1 aromatic carbocycles. The van der Waals surface area contributed by atoms with Gasteiger partial charge >= 0.3 is 5.97 Å². The molecule has 4 rings (SSSR count). The van der Waals surface area contributed by atoms with Crippen LogP contribution in [0.4, 0.5) is 0 Å². The second-order valence-corrected chi connectivity index (χ2v) is 20.2. The van der Waals surface area contributed by atoms with E-state index in [9.17, 15) is 14.4 Å². The lowest BCUT2D eigenvalue weighted by Gasteiger charge is -2.33. The summed E-state index contributed by atoms with van der Waals surface area (Å²) in [5.41, 5.74) is 0.654. The van der Waals surface area contributed by atoms with Crippen LogP contribution in [0.25, 0.3) is 22.2 Å². The topological polar surface area (TPSA) is 123 Å². The molecule has 11 nitrogen and oxygen atoms in total. The van der Waals surface area contributed by atoms with E-state index in [0.29, 0.717) is 46.5 Å². The molecule has 1 aliphatic heterocycles. The maximum Gasteiger partial charge on any atom is 0.325 e. The molecule has 1 aliphatic rings. The lowest BCUT2D eigenvalue weighted by molar-refractivity contribution is -0.141. The van der Waals surface area contributed by atoms with Crippen molar-refractivity contribution in [1.82, 2.24) is 19.4 Å². The number of carbonyl (C=O) groups excluding carboxylic acids is 2. The summed E-state index contributed by atoms with van der Waals surface area (Å²) < 4.78 is 26.2. The molecule has 2 aromatic heterocycles. The van der Waals surface area contributed by atoms with Crippen molar-refractivity contribution >= 4 is 31.0 Å². The van der Waals surface area contributed by atoms with Crippen molar-refractivity contribution in [1.29, 1.82) is 0 Å². The van der Waals surface area contributed by atoms with Gasteiger partial charge in [-0.15, -0.1) is 0 Å². The highest BCUT2D eigenvalue weighted by molar-refractivity contribution is 6.76. The molecule has 12 heteroatoms. The minimum Gasteiger partial charge on any atom is -0.489 e. The van der Waals surface area contributed by atoms with Crippen LogP contribution in [-0.4, -0.2) is 60.1 Å². The number of methoxy groups -OCH3 is 1. The van der Waals surface area contributed by atoms with Gasteiger partial charge in [0.05, 0.1) is 24.7 Å². The highest BCUT2D eigenvalue weighted by Gasteiger charge is 2.35. The summed E-state index contributed by atoms with van der Waals surface area (Å²) in [5, 5.41) is 3.48. The largest absolute Gasteiger partial charge is 0.489 e. The molecule has 0 saturated carbocycles. The van der Waals surface area contributed by atoms with Gasteiger partial charge in [0.1, 0.15) is 18.0 Å². The molecular formula is C32H46N4O7Si. The number of aromatic nitrogens is 3. The Labute approximate surface area is 259 Å². The van der Waals surface area contributed by atoms with Crippen LogP contribution in [-0.2, 0) is 23.1 Å². The zero-order valence-electron chi connectivity index (χ0n) is 27.9. The number of ether oxygens (including phenoxy) is 4. The Morgan fingerprint density at radius 1 is 1.09 bits per heavy atom. The molecule has 240 valence electrons. The molecular weight excluding hydrogens is 580 g/mol. The van der Waals surface area contributed by atoms with Crippen molar-refractivity contribution in [3.05, 3.63) is 34.0 Å². The van der Waals surface area contributed by atoms with E-state index in [0.717, 1.165) is 12.5 Å². The Morgan fingerprint density at radius 3 is 2.36 bits per heavy atom. The number of rotatable bonds is 10. The van der Waals surface area contributed by atoms with Crippen molar-refractivity contribution < 1.29 is 28.5 Å². The average molecular weight is 627 g/mol. The SMILES string of the molecule is COC(=O)Cn1cc(-c2cc(C(=O)NC(C)(C)CC(C)(C)C)c(OCC[Si](C)(C)C)c3c2OCO3)c2c(=O)n(C)c(C)nc21. The molecule has 0 fully saturated rings. The van der Waals surface area contributed by atoms with Gasteiger partial charge in [-0.25, -0.2) is 4.98 Å². The molecule has 0 aliphatic carbocycles. The van der Waals surface area contributed by atoms with Gasteiger partial charge in [0.2, 0.25) is 12.5 Å². The van der Waals surface area contributed by atoms with Gasteiger partial charge < -0.3 is 28.8 Å². The van der Waals surface area contributed by atoms with Gasteiger partial charge in [0.25, 0.3) is 11.5 Å². The quantitative estimate of drug-likeness (QED) is 0.238. The monoisotopic (exact) mass is 626 g/mol. The summed E-state index contributed by atoms with van der Waals surface area (Å²) in [6.45, 7) is 19.0. The second kappa shape index (κ2) is 11.9. The number of hydrogen-bond donors (Lipinski definition) is 1. The lowest BCUT2D eigenvalue weighted by Crippen LogP contribution is -2.45. The summed E-state index contributed by atoms with van der Waals surface area (Å²) in [5.74, 6) is 0.632. The number of aryl methyl sites for hydroxylation is 1. The van der Waals surface area contributed by atoms with Crippen LogP contribution in [0.2, 0.25) is 25.7 Å². The first-order chi connectivity index (χ1) is 20.3. The third kappa shape index (κ3) is 7.11. The second-order valence-electron chi connectivity index (χ2n) is 14.6. The standard InChI is InChI=1S/C32H46N4O7Si/c1-19-33-28-24(30(39)35(19)7)22(15-36(28)16-23(37)40-8)20-14-21(29(38)34-32(5,6)17-31(2,3)4)26(27-25(20)42-18-43-27)41-12-13-44(9,10)11/h14-15H,12-13,16-18H2,1-11H3,(H,34,38).